The smallest absolute Gasteiger partial charge is 0.326 e. The molecule has 0 saturated carbocycles. The summed E-state index contributed by atoms with van der Waals surface area (Å²) in [6.07, 6.45) is 1.75. The second kappa shape index (κ2) is 7.54. The van der Waals surface area contributed by atoms with E-state index in [1.165, 1.54) is 11.3 Å². The Labute approximate surface area is 138 Å². The number of aliphatic carboxylic acids is 1. The average Bonchev–Trinajstić information content (AvgIpc) is 3.06. The largest absolute Gasteiger partial charge is 0.480 e. The van der Waals surface area contributed by atoms with E-state index in [4.69, 9.17) is 5.11 Å². The summed E-state index contributed by atoms with van der Waals surface area (Å²) >= 11 is 1.33. The highest BCUT2D eigenvalue weighted by Gasteiger charge is 2.25. The standard InChI is InChI=1S/C15H21N3O4S/c1-9(2)6-11(14(21)22)17-12(19)7-10-8-23-15(16-10)18-5-3-4-13(18)20/h8-9,11H,3-7H2,1-2H3,(H,17,19)(H,21,22)/t11-/m0/s1. The van der Waals surface area contributed by atoms with E-state index in [-0.39, 0.29) is 24.2 Å². The Morgan fingerprint density at radius 3 is 2.78 bits per heavy atom. The van der Waals surface area contributed by atoms with Gasteiger partial charge in [-0.25, -0.2) is 9.78 Å². The van der Waals surface area contributed by atoms with Gasteiger partial charge in [-0.15, -0.1) is 11.3 Å². The Hall–Kier alpha value is -1.96. The lowest BCUT2D eigenvalue weighted by molar-refractivity contribution is -0.142. The van der Waals surface area contributed by atoms with Gasteiger partial charge in [0.25, 0.3) is 0 Å². The number of nitrogens with one attached hydrogen (secondary N) is 1. The summed E-state index contributed by atoms with van der Waals surface area (Å²) in [4.78, 5) is 40.8. The van der Waals surface area contributed by atoms with Gasteiger partial charge in [0.1, 0.15) is 6.04 Å². The van der Waals surface area contributed by atoms with Crippen LogP contribution >= 0.6 is 11.3 Å². The van der Waals surface area contributed by atoms with Crippen molar-refractivity contribution in [3.8, 4) is 0 Å². The highest BCUT2D eigenvalue weighted by Crippen LogP contribution is 2.25. The Kier molecular flexibility index (Phi) is 5.70. The molecule has 1 fully saturated rings. The number of carboxylic acid groups (broad SMARTS) is 1. The molecule has 0 spiro atoms. The Morgan fingerprint density at radius 2 is 2.22 bits per heavy atom. The van der Waals surface area contributed by atoms with Crippen LogP contribution in [0.3, 0.4) is 0 Å². The predicted octanol–water partition coefficient (Wildman–Crippen LogP) is 1.43. The number of hydrogen-bond donors (Lipinski definition) is 2. The minimum absolute atomic E-state index is 0.0143. The first-order chi connectivity index (χ1) is 10.9. The SMILES string of the molecule is CC(C)C[C@H](NC(=O)Cc1csc(N2CCCC2=O)n1)C(=O)O. The maximum absolute atomic E-state index is 12.0. The molecular formula is C15H21N3O4S. The predicted molar refractivity (Wildman–Crippen MR) is 86.4 cm³/mol. The zero-order chi connectivity index (χ0) is 17.0. The number of thiazole rings is 1. The molecule has 1 aliphatic heterocycles. The van der Waals surface area contributed by atoms with Gasteiger partial charge in [-0.05, 0) is 18.8 Å². The third-order valence-electron chi connectivity index (χ3n) is 3.53. The van der Waals surface area contributed by atoms with E-state index in [0.717, 1.165) is 6.42 Å². The molecular weight excluding hydrogens is 318 g/mol. The Bertz CT molecular complexity index is 599. The molecule has 2 heterocycles. The number of rotatable bonds is 7. The number of carbonyl (C=O) groups is 3. The Morgan fingerprint density at radius 1 is 1.48 bits per heavy atom. The number of carboxylic acids is 1. The molecule has 0 radical (unpaired) electrons. The molecule has 2 amide bonds. The highest BCUT2D eigenvalue weighted by molar-refractivity contribution is 7.14. The van der Waals surface area contributed by atoms with E-state index in [1.807, 2.05) is 13.8 Å². The lowest BCUT2D eigenvalue weighted by Gasteiger charge is -2.16. The molecule has 7 nitrogen and oxygen atoms in total. The van der Waals surface area contributed by atoms with Crippen LogP contribution in [-0.2, 0) is 20.8 Å². The molecule has 126 valence electrons. The summed E-state index contributed by atoms with van der Waals surface area (Å²) in [6.45, 7) is 4.47. The number of carbonyl (C=O) groups excluding carboxylic acids is 2. The molecule has 0 bridgehead atoms. The van der Waals surface area contributed by atoms with E-state index in [9.17, 15) is 14.4 Å². The first-order valence-electron chi connectivity index (χ1n) is 7.63. The van der Waals surface area contributed by atoms with Crippen LogP contribution in [0.2, 0.25) is 0 Å². The summed E-state index contributed by atoms with van der Waals surface area (Å²) in [7, 11) is 0. The lowest BCUT2D eigenvalue weighted by Crippen LogP contribution is -2.42. The molecule has 23 heavy (non-hydrogen) atoms. The van der Waals surface area contributed by atoms with Crippen molar-refractivity contribution in [2.75, 3.05) is 11.4 Å². The van der Waals surface area contributed by atoms with Crippen molar-refractivity contribution in [1.29, 1.82) is 0 Å². The van der Waals surface area contributed by atoms with Crippen LogP contribution in [-0.4, -0.2) is 40.5 Å². The molecule has 1 aliphatic rings. The van der Waals surface area contributed by atoms with Gasteiger partial charge in [-0.1, -0.05) is 13.8 Å². The molecule has 0 aliphatic carbocycles. The number of amides is 2. The molecule has 2 N–H and O–H groups in total. The van der Waals surface area contributed by atoms with Crippen LogP contribution < -0.4 is 10.2 Å². The summed E-state index contributed by atoms with van der Waals surface area (Å²) in [5.74, 6) is -1.18. The monoisotopic (exact) mass is 339 g/mol. The number of aromatic nitrogens is 1. The quantitative estimate of drug-likeness (QED) is 0.783. The van der Waals surface area contributed by atoms with Gasteiger partial charge >= 0.3 is 5.97 Å². The normalized spacial score (nSPS) is 16.0. The van der Waals surface area contributed by atoms with Gasteiger partial charge in [0.05, 0.1) is 12.1 Å². The molecule has 2 rings (SSSR count). The zero-order valence-corrected chi connectivity index (χ0v) is 14.1. The zero-order valence-electron chi connectivity index (χ0n) is 13.2. The number of nitrogens with zero attached hydrogens (tertiary/aromatic N) is 2. The fraction of sp³-hybridized carbons (Fsp3) is 0.600. The minimum Gasteiger partial charge on any atom is -0.480 e. The van der Waals surface area contributed by atoms with Crippen LogP contribution in [0.1, 0.15) is 38.8 Å². The fourth-order valence-electron chi connectivity index (χ4n) is 2.45. The van der Waals surface area contributed by atoms with E-state index in [0.29, 0.717) is 30.2 Å². The van der Waals surface area contributed by atoms with Crippen molar-refractivity contribution in [2.45, 2.75) is 45.6 Å². The van der Waals surface area contributed by atoms with Gasteiger partial charge in [-0.3, -0.25) is 14.5 Å². The van der Waals surface area contributed by atoms with Crippen LogP contribution in [0, 0.1) is 5.92 Å². The van der Waals surface area contributed by atoms with Crippen LogP contribution in [0.15, 0.2) is 5.38 Å². The van der Waals surface area contributed by atoms with Gasteiger partial charge < -0.3 is 10.4 Å². The lowest BCUT2D eigenvalue weighted by atomic mass is 10.0. The molecule has 1 atom stereocenters. The third kappa shape index (κ3) is 4.75. The van der Waals surface area contributed by atoms with Gasteiger partial charge in [0.15, 0.2) is 5.13 Å². The van der Waals surface area contributed by atoms with Crippen molar-refractivity contribution in [3.05, 3.63) is 11.1 Å². The number of anilines is 1. The second-order valence-corrected chi connectivity index (χ2v) is 6.87. The fourth-order valence-corrected chi connectivity index (χ4v) is 3.32. The third-order valence-corrected chi connectivity index (χ3v) is 4.44. The average molecular weight is 339 g/mol. The molecule has 0 unspecified atom stereocenters. The van der Waals surface area contributed by atoms with Crippen molar-refractivity contribution in [2.24, 2.45) is 5.92 Å². The van der Waals surface area contributed by atoms with E-state index < -0.39 is 12.0 Å². The number of hydrogen-bond acceptors (Lipinski definition) is 5. The second-order valence-electron chi connectivity index (χ2n) is 6.04. The van der Waals surface area contributed by atoms with Gasteiger partial charge in [0.2, 0.25) is 11.8 Å². The summed E-state index contributed by atoms with van der Waals surface area (Å²) < 4.78 is 0. The first-order valence-corrected chi connectivity index (χ1v) is 8.51. The molecule has 1 saturated heterocycles. The van der Waals surface area contributed by atoms with Crippen molar-refractivity contribution < 1.29 is 19.5 Å². The summed E-state index contributed by atoms with van der Waals surface area (Å²) in [5, 5.41) is 14.0. The van der Waals surface area contributed by atoms with E-state index in [2.05, 4.69) is 10.3 Å². The summed E-state index contributed by atoms with van der Waals surface area (Å²) in [5.41, 5.74) is 0.552. The van der Waals surface area contributed by atoms with Gasteiger partial charge in [0, 0.05) is 18.3 Å². The van der Waals surface area contributed by atoms with Crippen molar-refractivity contribution in [3.63, 3.8) is 0 Å². The molecule has 1 aromatic heterocycles. The summed E-state index contributed by atoms with van der Waals surface area (Å²) in [6, 6.07) is -0.888. The van der Waals surface area contributed by atoms with Crippen molar-refractivity contribution in [1.82, 2.24) is 10.3 Å². The first kappa shape index (κ1) is 17.4. The molecule has 0 aromatic carbocycles. The van der Waals surface area contributed by atoms with Crippen LogP contribution in [0.25, 0.3) is 0 Å². The van der Waals surface area contributed by atoms with Crippen LogP contribution in [0.5, 0.6) is 0 Å². The Balaban J connectivity index is 1.93. The molecule has 1 aromatic rings. The maximum atomic E-state index is 12.0. The highest BCUT2D eigenvalue weighted by atomic mass is 32.1. The van der Waals surface area contributed by atoms with Crippen LogP contribution in [0.4, 0.5) is 5.13 Å². The van der Waals surface area contributed by atoms with E-state index in [1.54, 1.807) is 10.3 Å². The minimum atomic E-state index is -1.03. The maximum Gasteiger partial charge on any atom is 0.326 e. The topological polar surface area (TPSA) is 99.6 Å². The van der Waals surface area contributed by atoms with Crippen molar-refractivity contribution >= 4 is 34.3 Å². The van der Waals surface area contributed by atoms with E-state index >= 15 is 0 Å². The molecule has 8 heteroatoms. The van der Waals surface area contributed by atoms with Gasteiger partial charge in [-0.2, -0.15) is 0 Å².